The van der Waals surface area contributed by atoms with Gasteiger partial charge in [-0.15, -0.1) is 6.58 Å². The Morgan fingerprint density at radius 2 is 2.38 bits per heavy atom. The molecule has 1 aliphatic rings. The molecule has 1 aliphatic heterocycles. The number of hydrogen-bond acceptors (Lipinski definition) is 1. The highest BCUT2D eigenvalue weighted by atomic mass is 16.2. The average molecular weight is 181 g/mol. The van der Waals surface area contributed by atoms with E-state index in [4.69, 9.17) is 0 Å². The maximum absolute atomic E-state index is 11.6. The molecule has 1 rings (SSSR count). The van der Waals surface area contributed by atoms with Crippen LogP contribution in [0.4, 0.5) is 0 Å². The first kappa shape index (κ1) is 10.3. The molecule has 1 saturated heterocycles. The van der Waals surface area contributed by atoms with Gasteiger partial charge in [-0.2, -0.15) is 0 Å². The number of nitrogens with zero attached hydrogens (tertiary/aromatic N) is 1. The minimum absolute atomic E-state index is 0.275. The fourth-order valence-corrected chi connectivity index (χ4v) is 1.81. The van der Waals surface area contributed by atoms with Crippen molar-refractivity contribution in [2.45, 2.75) is 33.1 Å². The van der Waals surface area contributed by atoms with Crippen LogP contribution in [0.25, 0.3) is 0 Å². The van der Waals surface area contributed by atoms with Crippen molar-refractivity contribution in [2.24, 2.45) is 5.92 Å². The number of amides is 1. The molecule has 0 spiro atoms. The van der Waals surface area contributed by atoms with Gasteiger partial charge in [-0.25, -0.2) is 0 Å². The molecule has 1 atom stereocenters. The Morgan fingerprint density at radius 1 is 1.69 bits per heavy atom. The molecule has 1 amide bonds. The summed E-state index contributed by atoms with van der Waals surface area (Å²) < 4.78 is 0. The van der Waals surface area contributed by atoms with Crippen molar-refractivity contribution in [1.29, 1.82) is 0 Å². The highest BCUT2D eigenvalue weighted by molar-refractivity contribution is 5.80. The van der Waals surface area contributed by atoms with Crippen LogP contribution in [-0.2, 0) is 4.79 Å². The zero-order valence-electron chi connectivity index (χ0n) is 8.68. The topological polar surface area (TPSA) is 20.3 Å². The minimum Gasteiger partial charge on any atom is -0.343 e. The smallest absolute Gasteiger partial charge is 0.225 e. The molecule has 2 heteroatoms. The van der Waals surface area contributed by atoms with Gasteiger partial charge in [-0.05, 0) is 33.1 Å². The van der Waals surface area contributed by atoms with E-state index in [-0.39, 0.29) is 5.92 Å². The molecule has 0 N–H and O–H groups in total. The summed E-state index contributed by atoms with van der Waals surface area (Å²) in [7, 11) is 0. The second kappa shape index (κ2) is 4.45. The van der Waals surface area contributed by atoms with Crippen LogP contribution in [0.2, 0.25) is 0 Å². The second-order valence-electron chi connectivity index (χ2n) is 3.90. The van der Waals surface area contributed by atoms with Crippen LogP contribution in [0.1, 0.15) is 33.1 Å². The SMILES string of the molecule is C=C(C)CC[C@H]1CCN(CC)C1=O. The minimum atomic E-state index is 0.275. The highest BCUT2D eigenvalue weighted by Crippen LogP contribution is 2.23. The summed E-state index contributed by atoms with van der Waals surface area (Å²) in [5.74, 6) is 0.625. The van der Waals surface area contributed by atoms with Gasteiger partial charge in [0.05, 0.1) is 0 Å². The molecule has 0 bridgehead atoms. The molecule has 1 heterocycles. The molecule has 1 fully saturated rings. The monoisotopic (exact) mass is 181 g/mol. The van der Waals surface area contributed by atoms with Crippen molar-refractivity contribution in [3.8, 4) is 0 Å². The Hall–Kier alpha value is -0.790. The largest absolute Gasteiger partial charge is 0.343 e. The summed E-state index contributed by atoms with van der Waals surface area (Å²) in [6.45, 7) is 9.74. The number of allylic oxidation sites excluding steroid dienone is 1. The Kier molecular flexibility index (Phi) is 3.52. The zero-order chi connectivity index (χ0) is 9.84. The van der Waals surface area contributed by atoms with Gasteiger partial charge in [0.25, 0.3) is 0 Å². The lowest BCUT2D eigenvalue weighted by molar-refractivity contribution is -0.130. The lowest BCUT2D eigenvalue weighted by atomic mass is 9.99. The quantitative estimate of drug-likeness (QED) is 0.609. The summed E-state index contributed by atoms with van der Waals surface area (Å²) >= 11 is 0. The Bertz CT molecular complexity index is 210. The van der Waals surface area contributed by atoms with Gasteiger partial charge in [0.1, 0.15) is 0 Å². The number of carbonyl (C=O) groups is 1. The van der Waals surface area contributed by atoms with Crippen LogP contribution < -0.4 is 0 Å². The van der Waals surface area contributed by atoms with E-state index < -0.39 is 0 Å². The predicted molar refractivity (Wildman–Crippen MR) is 54.4 cm³/mol. The van der Waals surface area contributed by atoms with Gasteiger partial charge in [0.2, 0.25) is 5.91 Å². The average Bonchev–Trinajstić information content (AvgIpc) is 2.43. The molecule has 0 saturated carbocycles. The van der Waals surface area contributed by atoms with Crippen molar-refractivity contribution in [1.82, 2.24) is 4.90 Å². The van der Waals surface area contributed by atoms with Gasteiger partial charge in [-0.1, -0.05) is 5.57 Å². The molecular formula is C11H19NO. The summed E-state index contributed by atoms with van der Waals surface area (Å²) in [5, 5.41) is 0. The van der Waals surface area contributed by atoms with Crippen LogP contribution in [0.15, 0.2) is 12.2 Å². The van der Waals surface area contributed by atoms with E-state index in [1.165, 1.54) is 5.57 Å². The standard InChI is InChI=1S/C11H19NO/c1-4-12-8-7-10(11(12)13)6-5-9(2)3/h10H,2,4-8H2,1,3H3/t10-/m0/s1. The van der Waals surface area contributed by atoms with Gasteiger partial charge in [-0.3, -0.25) is 4.79 Å². The summed E-state index contributed by atoms with van der Waals surface area (Å²) in [5.41, 5.74) is 1.18. The molecule has 0 aliphatic carbocycles. The third-order valence-corrected chi connectivity index (χ3v) is 2.71. The van der Waals surface area contributed by atoms with Crippen molar-refractivity contribution in [3.05, 3.63) is 12.2 Å². The van der Waals surface area contributed by atoms with E-state index in [9.17, 15) is 4.79 Å². The fourth-order valence-electron chi connectivity index (χ4n) is 1.81. The zero-order valence-corrected chi connectivity index (χ0v) is 8.68. The highest BCUT2D eigenvalue weighted by Gasteiger charge is 2.29. The maximum Gasteiger partial charge on any atom is 0.225 e. The third kappa shape index (κ3) is 2.58. The summed E-state index contributed by atoms with van der Waals surface area (Å²) in [6.07, 6.45) is 3.03. The van der Waals surface area contributed by atoms with Crippen LogP contribution in [0.3, 0.4) is 0 Å². The van der Waals surface area contributed by atoms with Crippen LogP contribution >= 0.6 is 0 Å². The van der Waals surface area contributed by atoms with E-state index in [1.54, 1.807) is 0 Å². The van der Waals surface area contributed by atoms with E-state index in [2.05, 4.69) is 6.58 Å². The summed E-state index contributed by atoms with van der Waals surface area (Å²) in [6, 6.07) is 0. The molecule has 0 unspecified atom stereocenters. The molecule has 0 radical (unpaired) electrons. The third-order valence-electron chi connectivity index (χ3n) is 2.71. The second-order valence-corrected chi connectivity index (χ2v) is 3.90. The molecule has 74 valence electrons. The molecular weight excluding hydrogens is 162 g/mol. The number of carbonyl (C=O) groups excluding carboxylic acids is 1. The first-order valence-electron chi connectivity index (χ1n) is 5.08. The van der Waals surface area contributed by atoms with Crippen LogP contribution in [0, 0.1) is 5.92 Å². The van der Waals surface area contributed by atoms with Gasteiger partial charge in [0.15, 0.2) is 0 Å². The van der Waals surface area contributed by atoms with Crippen LogP contribution in [-0.4, -0.2) is 23.9 Å². The Labute approximate surface area is 80.6 Å². The normalized spacial score (nSPS) is 22.5. The first-order valence-corrected chi connectivity index (χ1v) is 5.08. The lowest BCUT2D eigenvalue weighted by Gasteiger charge is -2.13. The van der Waals surface area contributed by atoms with E-state index in [0.717, 1.165) is 32.4 Å². The van der Waals surface area contributed by atoms with Crippen LogP contribution in [0.5, 0.6) is 0 Å². The van der Waals surface area contributed by atoms with Gasteiger partial charge in [0, 0.05) is 19.0 Å². The van der Waals surface area contributed by atoms with Gasteiger partial charge < -0.3 is 4.90 Å². The molecule has 13 heavy (non-hydrogen) atoms. The van der Waals surface area contributed by atoms with Gasteiger partial charge >= 0.3 is 0 Å². The Morgan fingerprint density at radius 3 is 2.85 bits per heavy atom. The number of rotatable bonds is 4. The maximum atomic E-state index is 11.6. The van der Waals surface area contributed by atoms with E-state index in [0.29, 0.717) is 5.91 Å². The van der Waals surface area contributed by atoms with Crippen molar-refractivity contribution >= 4 is 5.91 Å². The lowest BCUT2D eigenvalue weighted by Crippen LogP contribution is -2.26. The van der Waals surface area contributed by atoms with Crippen molar-refractivity contribution < 1.29 is 4.79 Å². The van der Waals surface area contributed by atoms with E-state index in [1.807, 2.05) is 18.7 Å². The summed E-state index contributed by atoms with van der Waals surface area (Å²) in [4.78, 5) is 13.6. The van der Waals surface area contributed by atoms with E-state index >= 15 is 0 Å². The number of likely N-dealkylation sites (tertiary alicyclic amines) is 1. The number of hydrogen-bond donors (Lipinski definition) is 0. The molecule has 0 aromatic rings. The van der Waals surface area contributed by atoms with Crippen molar-refractivity contribution in [2.75, 3.05) is 13.1 Å². The first-order chi connectivity index (χ1) is 6.15. The Balaban J connectivity index is 2.37. The fraction of sp³-hybridized carbons (Fsp3) is 0.727. The molecule has 0 aromatic carbocycles. The van der Waals surface area contributed by atoms with Crippen molar-refractivity contribution in [3.63, 3.8) is 0 Å². The predicted octanol–water partition coefficient (Wildman–Crippen LogP) is 2.21. The molecule has 2 nitrogen and oxygen atoms in total. The molecule has 0 aromatic heterocycles.